The number of benzene rings is 1. The summed E-state index contributed by atoms with van der Waals surface area (Å²) in [7, 11) is 1.76. The van der Waals surface area contributed by atoms with E-state index in [9.17, 15) is 4.79 Å². The van der Waals surface area contributed by atoms with Gasteiger partial charge in [-0.1, -0.05) is 23.7 Å². The third-order valence-corrected chi connectivity index (χ3v) is 3.63. The summed E-state index contributed by atoms with van der Waals surface area (Å²) in [6.07, 6.45) is 6.72. The van der Waals surface area contributed by atoms with Crippen LogP contribution in [0.2, 0.25) is 5.02 Å². The molecule has 0 radical (unpaired) electrons. The number of hydrogen-bond donors (Lipinski definition) is 0. The highest BCUT2D eigenvalue weighted by Gasteiger charge is 2.14. The molecule has 0 fully saturated rings. The highest BCUT2D eigenvalue weighted by Crippen LogP contribution is 2.15. The fourth-order valence-electron chi connectivity index (χ4n) is 2.25. The molecule has 0 atom stereocenters. The Labute approximate surface area is 139 Å². The van der Waals surface area contributed by atoms with Crippen molar-refractivity contribution >= 4 is 17.5 Å². The number of aromatic nitrogens is 3. The predicted molar refractivity (Wildman–Crippen MR) is 88.6 cm³/mol. The standard InChI is InChI=1S/C17H15ClN4O/c1-21(11-13-4-3-7-19-9-13)17(23)14-10-20-22(12-14)16-6-2-5-15(18)8-16/h2-10,12H,11H2,1H3. The molecule has 5 nitrogen and oxygen atoms in total. The number of nitrogens with zero attached hydrogens (tertiary/aromatic N) is 4. The Morgan fingerprint density at radius 1 is 1.26 bits per heavy atom. The molecule has 0 aliphatic heterocycles. The van der Waals surface area contributed by atoms with E-state index < -0.39 is 0 Å². The van der Waals surface area contributed by atoms with Crippen molar-refractivity contribution in [2.24, 2.45) is 0 Å². The molecule has 0 saturated carbocycles. The largest absolute Gasteiger partial charge is 0.337 e. The van der Waals surface area contributed by atoms with E-state index in [1.165, 1.54) is 0 Å². The van der Waals surface area contributed by atoms with Crippen LogP contribution in [0.3, 0.4) is 0 Å². The molecule has 3 rings (SSSR count). The van der Waals surface area contributed by atoms with E-state index >= 15 is 0 Å². The van der Waals surface area contributed by atoms with E-state index in [4.69, 9.17) is 11.6 Å². The monoisotopic (exact) mass is 326 g/mol. The average molecular weight is 327 g/mol. The van der Waals surface area contributed by atoms with Gasteiger partial charge in [-0.3, -0.25) is 9.78 Å². The van der Waals surface area contributed by atoms with Crippen molar-refractivity contribution in [3.63, 3.8) is 0 Å². The van der Waals surface area contributed by atoms with Crippen LogP contribution in [-0.2, 0) is 6.54 Å². The van der Waals surface area contributed by atoms with Gasteiger partial charge < -0.3 is 4.90 Å². The topological polar surface area (TPSA) is 51.0 Å². The number of amides is 1. The summed E-state index contributed by atoms with van der Waals surface area (Å²) in [6, 6.07) is 11.1. The van der Waals surface area contributed by atoms with Crippen LogP contribution >= 0.6 is 11.6 Å². The van der Waals surface area contributed by atoms with Gasteiger partial charge in [-0.15, -0.1) is 0 Å². The van der Waals surface area contributed by atoms with Crippen LogP contribution in [0.5, 0.6) is 0 Å². The Balaban J connectivity index is 1.76. The van der Waals surface area contributed by atoms with E-state index in [1.54, 1.807) is 53.5 Å². The summed E-state index contributed by atoms with van der Waals surface area (Å²) in [5, 5.41) is 4.86. The first-order valence-electron chi connectivity index (χ1n) is 7.08. The van der Waals surface area contributed by atoms with Crippen LogP contribution in [0.25, 0.3) is 5.69 Å². The summed E-state index contributed by atoms with van der Waals surface area (Å²) in [4.78, 5) is 18.2. The highest BCUT2D eigenvalue weighted by molar-refractivity contribution is 6.30. The first kappa shape index (κ1) is 15.2. The SMILES string of the molecule is CN(Cc1cccnc1)C(=O)c1cnn(-c2cccc(Cl)c2)c1. The van der Waals surface area contributed by atoms with Gasteiger partial charge in [0.25, 0.3) is 5.91 Å². The molecule has 6 heteroatoms. The quantitative estimate of drug-likeness (QED) is 0.740. The molecule has 0 spiro atoms. The maximum absolute atomic E-state index is 12.5. The van der Waals surface area contributed by atoms with Crippen LogP contribution < -0.4 is 0 Å². The Kier molecular flexibility index (Phi) is 4.39. The van der Waals surface area contributed by atoms with Gasteiger partial charge in [-0.2, -0.15) is 5.10 Å². The van der Waals surface area contributed by atoms with Gasteiger partial charge in [-0.25, -0.2) is 4.68 Å². The van der Waals surface area contributed by atoms with Crippen LogP contribution in [0.1, 0.15) is 15.9 Å². The predicted octanol–water partition coefficient (Wildman–Crippen LogP) is 3.19. The number of pyridine rings is 1. The summed E-state index contributed by atoms with van der Waals surface area (Å²) in [5.41, 5.74) is 2.31. The summed E-state index contributed by atoms with van der Waals surface area (Å²) in [5.74, 6) is -0.0952. The molecule has 0 saturated heterocycles. The number of rotatable bonds is 4. The van der Waals surface area contributed by atoms with Crippen molar-refractivity contribution in [2.45, 2.75) is 6.54 Å². The zero-order valence-corrected chi connectivity index (χ0v) is 13.3. The molecule has 1 aromatic carbocycles. The number of halogens is 1. The van der Waals surface area contributed by atoms with Crippen molar-refractivity contribution in [1.82, 2.24) is 19.7 Å². The molecule has 116 valence electrons. The van der Waals surface area contributed by atoms with Crippen LogP contribution in [0, 0.1) is 0 Å². The fraction of sp³-hybridized carbons (Fsp3) is 0.118. The van der Waals surface area contributed by atoms with Gasteiger partial charge in [0, 0.05) is 37.2 Å². The molecular formula is C17H15ClN4O. The van der Waals surface area contributed by atoms with Gasteiger partial charge in [0.05, 0.1) is 17.4 Å². The van der Waals surface area contributed by atoms with Crippen LogP contribution in [0.4, 0.5) is 0 Å². The third kappa shape index (κ3) is 3.57. The van der Waals surface area contributed by atoms with E-state index in [1.807, 2.05) is 24.3 Å². The molecule has 3 aromatic rings. The van der Waals surface area contributed by atoms with Gasteiger partial charge in [-0.05, 0) is 29.8 Å². The Bertz CT molecular complexity index is 816. The van der Waals surface area contributed by atoms with Gasteiger partial charge >= 0.3 is 0 Å². The summed E-state index contributed by atoms with van der Waals surface area (Å²) in [6.45, 7) is 0.495. The van der Waals surface area contributed by atoms with Crippen molar-refractivity contribution in [3.05, 3.63) is 77.3 Å². The van der Waals surface area contributed by atoms with E-state index in [-0.39, 0.29) is 5.91 Å². The molecule has 23 heavy (non-hydrogen) atoms. The second kappa shape index (κ2) is 6.62. The molecule has 0 aliphatic carbocycles. The second-order valence-electron chi connectivity index (χ2n) is 5.18. The molecule has 2 heterocycles. The average Bonchev–Trinajstić information content (AvgIpc) is 3.05. The molecule has 1 amide bonds. The number of carbonyl (C=O) groups excluding carboxylic acids is 1. The van der Waals surface area contributed by atoms with Crippen LogP contribution in [0.15, 0.2) is 61.2 Å². The number of hydrogen-bond acceptors (Lipinski definition) is 3. The fourth-order valence-corrected chi connectivity index (χ4v) is 2.44. The maximum atomic E-state index is 12.5. The van der Waals surface area contributed by atoms with Crippen molar-refractivity contribution in [1.29, 1.82) is 0 Å². The third-order valence-electron chi connectivity index (χ3n) is 3.39. The van der Waals surface area contributed by atoms with Gasteiger partial charge in [0.2, 0.25) is 0 Å². The smallest absolute Gasteiger partial charge is 0.257 e. The molecule has 0 unspecified atom stereocenters. The minimum atomic E-state index is -0.0952. The first-order valence-corrected chi connectivity index (χ1v) is 7.46. The Morgan fingerprint density at radius 3 is 2.87 bits per heavy atom. The van der Waals surface area contributed by atoms with Crippen LogP contribution in [-0.4, -0.2) is 32.6 Å². The first-order chi connectivity index (χ1) is 11.1. The Hall–Kier alpha value is -2.66. The normalized spacial score (nSPS) is 10.5. The van der Waals surface area contributed by atoms with E-state index in [0.717, 1.165) is 11.3 Å². The molecule has 2 aromatic heterocycles. The second-order valence-corrected chi connectivity index (χ2v) is 5.61. The zero-order chi connectivity index (χ0) is 16.2. The van der Waals surface area contributed by atoms with Crippen molar-refractivity contribution < 1.29 is 4.79 Å². The summed E-state index contributed by atoms with van der Waals surface area (Å²) < 4.78 is 1.64. The number of carbonyl (C=O) groups is 1. The van der Waals surface area contributed by atoms with Gasteiger partial charge in [0.1, 0.15) is 0 Å². The zero-order valence-electron chi connectivity index (χ0n) is 12.6. The van der Waals surface area contributed by atoms with E-state index in [0.29, 0.717) is 17.1 Å². The molecule has 0 N–H and O–H groups in total. The minimum Gasteiger partial charge on any atom is -0.337 e. The lowest BCUT2D eigenvalue weighted by atomic mass is 10.2. The maximum Gasteiger partial charge on any atom is 0.257 e. The lowest BCUT2D eigenvalue weighted by molar-refractivity contribution is 0.0785. The lowest BCUT2D eigenvalue weighted by Crippen LogP contribution is -2.25. The minimum absolute atomic E-state index is 0.0952. The Morgan fingerprint density at radius 2 is 2.13 bits per heavy atom. The van der Waals surface area contributed by atoms with Gasteiger partial charge in [0.15, 0.2) is 0 Å². The van der Waals surface area contributed by atoms with Crippen molar-refractivity contribution in [3.8, 4) is 5.69 Å². The molecule has 0 aliphatic rings. The summed E-state index contributed by atoms with van der Waals surface area (Å²) >= 11 is 5.98. The molecule has 0 bridgehead atoms. The van der Waals surface area contributed by atoms with Crippen molar-refractivity contribution in [2.75, 3.05) is 7.05 Å². The lowest BCUT2D eigenvalue weighted by Gasteiger charge is -2.15. The highest BCUT2D eigenvalue weighted by atomic mass is 35.5. The van der Waals surface area contributed by atoms with E-state index in [2.05, 4.69) is 10.1 Å². The molecular weight excluding hydrogens is 312 g/mol.